The number of thiophene rings is 1. The maximum atomic E-state index is 13.7. The van der Waals surface area contributed by atoms with Gasteiger partial charge in [0.1, 0.15) is 11.8 Å². The van der Waals surface area contributed by atoms with Crippen molar-refractivity contribution < 1.29 is 19.1 Å². The molecule has 2 aromatic carbocycles. The van der Waals surface area contributed by atoms with E-state index in [1.54, 1.807) is 48.8 Å². The number of amides is 1. The monoisotopic (exact) mass is 559 g/mol. The number of thiazole rings is 1. The van der Waals surface area contributed by atoms with Crippen LogP contribution in [-0.2, 0) is 14.3 Å². The van der Waals surface area contributed by atoms with Crippen LogP contribution in [0.1, 0.15) is 30.3 Å². The number of hydrogen-bond donors (Lipinski definition) is 1. The van der Waals surface area contributed by atoms with Crippen molar-refractivity contribution in [3.05, 3.63) is 114 Å². The molecule has 1 aliphatic rings. The van der Waals surface area contributed by atoms with Gasteiger partial charge >= 0.3 is 5.97 Å². The van der Waals surface area contributed by atoms with Gasteiger partial charge in [0.25, 0.3) is 11.5 Å². The van der Waals surface area contributed by atoms with Crippen LogP contribution in [0.4, 0.5) is 5.69 Å². The number of nitrogens with one attached hydrogen (secondary N) is 1. The lowest BCUT2D eigenvalue weighted by Crippen LogP contribution is -2.40. The number of nitrogens with zero attached hydrogens (tertiary/aromatic N) is 2. The predicted octanol–water partition coefficient (Wildman–Crippen LogP) is 3.88. The molecule has 0 unspecified atom stereocenters. The molecule has 3 heterocycles. The number of hydrogen-bond acceptors (Lipinski definition) is 8. The summed E-state index contributed by atoms with van der Waals surface area (Å²) in [7, 11) is 0. The van der Waals surface area contributed by atoms with Gasteiger partial charge in [-0.15, -0.1) is 11.3 Å². The average molecular weight is 560 g/mol. The van der Waals surface area contributed by atoms with Crippen LogP contribution in [0.25, 0.3) is 6.08 Å². The number of para-hydroxylation sites is 1. The summed E-state index contributed by atoms with van der Waals surface area (Å²) in [5, 5.41) is 4.88. The summed E-state index contributed by atoms with van der Waals surface area (Å²) in [5.74, 6) is -0.215. The van der Waals surface area contributed by atoms with Crippen LogP contribution in [-0.4, -0.2) is 29.7 Å². The van der Waals surface area contributed by atoms with Crippen LogP contribution in [0.3, 0.4) is 0 Å². The number of fused-ring (bicyclic) bond motifs is 1. The number of esters is 1. The van der Waals surface area contributed by atoms with E-state index in [2.05, 4.69) is 10.3 Å². The molecule has 8 nitrogen and oxygen atoms in total. The van der Waals surface area contributed by atoms with Gasteiger partial charge in [0.15, 0.2) is 11.4 Å². The second-order valence-corrected chi connectivity index (χ2v) is 10.6. The van der Waals surface area contributed by atoms with Gasteiger partial charge in [-0.2, -0.15) is 0 Å². The molecule has 198 valence electrons. The van der Waals surface area contributed by atoms with E-state index < -0.39 is 12.0 Å². The molecule has 0 radical (unpaired) electrons. The van der Waals surface area contributed by atoms with Crippen molar-refractivity contribution in [1.82, 2.24) is 4.57 Å². The third-order valence-corrected chi connectivity index (χ3v) is 7.86. The van der Waals surface area contributed by atoms with Crippen molar-refractivity contribution >= 4 is 46.3 Å². The minimum absolute atomic E-state index is 0.173. The molecular weight excluding hydrogens is 534 g/mol. The van der Waals surface area contributed by atoms with Gasteiger partial charge in [-0.05, 0) is 61.2 Å². The summed E-state index contributed by atoms with van der Waals surface area (Å²) in [6, 6.07) is 19.5. The molecule has 1 atom stereocenters. The quantitative estimate of drug-likeness (QED) is 0.331. The van der Waals surface area contributed by atoms with Crippen molar-refractivity contribution in [2.75, 3.05) is 18.5 Å². The number of ether oxygens (including phenoxy) is 2. The Morgan fingerprint density at radius 1 is 1.08 bits per heavy atom. The van der Waals surface area contributed by atoms with Gasteiger partial charge in [0.05, 0.1) is 22.4 Å². The zero-order valence-corrected chi connectivity index (χ0v) is 22.9. The Morgan fingerprint density at radius 2 is 1.85 bits per heavy atom. The molecule has 1 amide bonds. The Labute approximate surface area is 232 Å². The molecule has 10 heteroatoms. The van der Waals surface area contributed by atoms with E-state index in [-0.39, 0.29) is 18.1 Å². The Bertz CT molecular complexity index is 1700. The highest BCUT2D eigenvalue weighted by atomic mass is 32.1. The van der Waals surface area contributed by atoms with Crippen LogP contribution in [0, 0.1) is 0 Å². The highest BCUT2D eigenvalue weighted by molar-refractivity contribution is 7.10. The summed E-state index contributed by atoms with van der Waals surface area (Å²) in [6.07, 6.45) is 1.79. The molecule has 39 heavy (non-hydrogen) atoms. The summed E-state index contributed by atoms with van der Waals surface area (Å²) in [4.78, 5) is 44.8. The Hall–Kier alpha value is -4.28. The SMILES string of the molecule is CCOC(=O)COc1ccc(/C=c2/sc3n(c2=O)[C@@H](c2cccs2)C(C(=O)Nc2ccccc2)=C(C)N=3)cc1. The number of rotatable bonds is 8. The second kappa shape index (κ2) is 11.6. The zero-order chi connectivity index (χ0) is 27.4. The van der Waals surface area contributed by atoms with E-state index in [1.807, 2.05) is 47.8 Å². The van der Waals surface area contributed by atoms with Crippen LogP contribution in [0.5, 0.6) is 5.75 Å². The molecule has 0 bridgehead atoms. The van der Waals surface area contributed by atoms with Crippen molar-refractivity contribution in [3.8, 4) is 5.75 Å². The van der Waals surface area contributed by atoms with Gasteiger partial charge in [-0.1, -0.05) is 47.7 Å². The Kier molecular flexibility index (Phi) is 7.85. The van der Waals surface area contributed by atoms with Gasteiger partial charge < -0.3 is 14.8 Å². The predicted molar refractivity (Wildman–Crippen MR) is 152 cm³/mol. The zero-order valence-electron chi connectivity index (χ0n) is 21.2. The molecule has 1 N–H and O–H groups in total. The summed E-state index contributed by atoms with van der Waals surface area (Å²) < 4.78 is 12.4. The number of benzene rings is 2. The smallest absolute Gasteiger partial charge is 0.344 e. The fourth-order valence-corrected chi connectivity index (χ4v) is 6.07. The first-order valence-corrected chi connectivity index (χ1v) is 13.9. The fraction of sp³-hybridized carbons (Fsp3) is 0.172. The second-order valence-electron chi connectivity index (χ2n) is 8.58. The van der Waals surface area contributed by atoms with E-state index in [1.165, 1.54) is 22.7 Å². The van der Waals surface area contributed by atoms with Crippen molar-refractivity contribution in [1.29, 1.82) is 0 Å². The van der Waals surface area contributed by atoms with Crippen molar-refractivity contribution in [3.63, 3.8) is 0 Å². The van der Waals surface area contributed by atoms with Crippen molar-refractivity contribution in [2.24, 2.45) is 4.99 Å². The van der Waals surface area contributed by atoms with Gasteiger partial charge in [-0.25, -0.2) is 9.79 Å². The maximum Gasteiger partial charge on any atom is 0.344 e. The standard InChI is InChI=1S/C29H25N3O5S2/c1-3-36-24(33)17-37-21-13-11-19(12-14-21)16-23-28(35)32-26(22-10-7-15-38-22)25(18(2)30-29(32)39-23)27(34)31-20-8-5-4-6-9-20/h4-16,26H,3,17H2,1-2H3,(H,31,34)/b23-16+/t26-/m0/s1. The lowest BCUT2D eigenvalue weighted by Gasteiger charge is -2.24. The molecule has 2 aromatic heterocycles. The Morgan fingerprint density at radius 3 is 2.54 bits per heavy atom. The molecule has 1 aliphatic heterocycles. The summed E-state index contributed by atoms with van der Waals surface area (Å²) in [6.45, 7) is 3.66. The highest BCUT2D eigenvalue weighted by Crippen LogP contribution is 2.33. The minimum atomic E-state index is -0.592. The van der Waals surface area contributed by atoms with E-state index in [0.29, 0.717) is 38.6 Å². The number of allylic oxidation sites excluding steroid dienone is 1. The molecule has 0 fully saturated rings. The summed E-state index contributed by atoms with van der Waals surface area (Å²) >= 11 is 2.77. The first-order chi connectivity index (χ1) is 18.9. The average Bonchev–Trinajstić information content (AvgIpc) is 3.57. The number of carbonyl (C=O) groups is 2. The molecule has 5 rings (SSSR count). The summed E-state index contributed by atoms with van der Waals surface area (Å²) in [5.41, 5.74) is 2.23. The number of aromatic nitrogens is 1. The van der Waals surface area contributed by atoms with Gasteiger partial charge in [-0.3, -0.25) is 14.2 Å². The minimum Gasteiger partial charge on any atom is -0.482 e. The highest BCUT2D eigenvalue weighted by Gasteiger charge is 2.33. The fourth-order valence-electron chi connectivity index (χ4n) is 4.20. The maximum absolute atomic E-state index is 13.7. The lowest BCUT2D eigenvalue weighted by atomic mass is 10.0. The first-order valence-electron chi connectivity index (χ1n) is 12.3. The van der Waals surface area contributed by atoms with Crippen LogP contribution in [0.15, 0.2) is 93.2 Å². The molecular formula is C29H25N3O5S2. The topological polar surface area (TPSA) is 99.0 Å². The van der Waals surface area contributed by atoms with E-state index in [9.17, 15) is 14.4 Å². The number of anilines is 1. The first kappa shape index (κ1) is 26.3. The van der Waals surface area contributed by atoms with Crippen LogP contribution >= 0.6 is 22.7 Å². The Balaban J connectivity index is 1.48. The lowest BCUT2D eigenvalue weighted by molar-refractivity contribution is -0.145. The van der Waals surface area contributed by atoms with Crippen LogP contribution in [0.2, 0.25) is 0 Å². The third-order valence-electron chi connectivity index (χ3n) is 5.95. The third kappa shape index (κ3) is 5.76. The van der Waals surface area contributed by atoms with E-state index >= 15 is 0 Å². The molecule has 0 aliphatic carbocycles. The normalized spacial score (nSPS) is 14.9. The van der Waals surface area contributed by atoms with E-state index in [4.69, 9.17) is 9.47 Å². The largest absolute Gasteiger partial charge is 0.482 e. The number of carbonyl (C=O) groups excluding carboxylic acids is 2. The van der Waals surface area contributed by atoms with Crippen LogP contribution < -0.4 is 24.9 Å². The molecule has 4 aromatic rings. The van der Waals surface area contributed by atoms with Gasteiger partial charge in [0.2, 0.25) is 0 Å². The molecule has 0 spiro atoms. The molecule has 0 saturated heterocycles. The van der Waals surface area contributed by atoms with E-state index in [0.717, 1.165) is 10.4 Å². The van der Waals surface area contributed by atoms with Crippen molar-refractivity contribution in [2.45, 2.75) is 19.9 Å². The van der Waals surface area contributed by atoms with Gasteiger partial charge in [0, 0.05) is 10.6 Å². The molecule has 0 saturated carbocycles.